The molecule has 0 rings (SSSR count). The number of carbonyl (C=O) groups excluding carboxylic acids is 4. The van der Waals surface area contributed by atoms with E-state index in [0.29, 0.717) is 25.7 Å². The molecule has 0 aromatic rings. The maximum absolute atomic E-state index is 13.1. The van der Waals surface area contributed by atoms with Gasteiger partial charge in [-0.15, -0.1) is 0 Å². The van der Waals surface area contributed by atoms with Gasteiger partial charge in [0.2, 0.25) is 0 Å². The molecule has 6 atom stereocenters. The van der Waals surface area contributed by atoms with E-state index in [4.69, 9.17) is 37.0 Å². The zero-order chi connectivity index (χ0) is 71.9. The van der Waals surface area contributed by atoms with Gasteiger partial charge in [0.25, 0.3) is 0 Å². The summed E-state index contributed by atoms with van der Waals surface area (Å²) in [5.74, 6) is -1.26. The van der Waals surface area contributed by atoms with Gasteiger partial charge in [-0.05, 0) is 31.6 Å². The Kier molecular flexibility index (Phi) is 70.6. The molecule has 0 fully saturated rings. The van der Waals surface area contributed by atoms with Crippen molar-refractivity contribution in [2.24, 2.45) is 5.92 Å². The van der Waals surface area contributed by atoms with Crippen LogP contribution in [0.1, 0.15) is 420 Å². The van der Waals surface area contributed by atoms with E-state index in [1.165, 1.54) is 231 Å². The van der Waals surface area contributed by atoms with E-state index >= 15 is 0 Å². The van der Waals surface area contributed by atoms with Crippen molar-refractivity contribution in [3.05, 3.63) is 0 Å². The van der Waals surface area contributed by atoms with Gasteiger partial charge in [0.1, 0.15) is 19.3 Å². The molecule has 19 heteroatoms. The maximum Gasteiger partial charge on any atom is 0.472 e. The molecule has 0 aromatic heterocycles. The first-order valence-electron chi connectivity index (χ1n) is 41.2. The third-order valence-electron chi connectivity index (χ3n) is 18.9. The summed E-state index contributed by atoms with van der Waals surface area (Å²) in [6.45, 7) is 7.33. The molecule has 0 amide bonds. The average Bonchev–Trinajstić information content (AvgIpc) is 1.77. The molecule has 0 heterocycles. The molecule has 17 nitrogen and oxygen atoms in total. The van der Waals surface area contributed by atoms with E-state index < -0.39 is 97.5 Å². The quantitative estimate of drug-likeness (QED) is 0.0222. The second kappa shape index (κ2) is 72.0. The molecule has 0 radical (unpaired) electrons. The van der Waals surface area contributed by atoms with Crippen molar-refractivity contribution in [3.8, 4) is 0 Å². The van der Waals surface area contributed by atoms with Gasteiger partial charge in [-0.1, -0.05) is 369 Å². The monoisotopic (exact) mass is 1440 g/mol. The van der Waals surface area contributed by atoms with Gasteiger partial charge in [-0.3, -0.25) is 37.3 Å². The third-order valence-corrected chi connectivity index (χ3v) is 20.8. The highest BCUT2D eigenvalue weighted by Gasteiger charge is 2.30. The molecule has 0 bridgehead atoms. The van der Waals surface area contributed by atoms with E-state index in [9.17, 15) is 43.2 Å². The lowest BCUT2D eigenvalue weighted by molar-refractivity contribution is -0.161. The molecule has 0 aliphatic heterocycles. The summed E-state index contributed by atoms with van der Waals surface area (Å²) in [4.78, 5) is 72.8. The van der Waals surface area contributed by atoms with Crippen LogP contribution in [-0.4, -0.2) is 96.7 Å². The van der Waals surface area contributed by atoms with Crippen LogP contribution in [0.25, 0.3) is 0 Å². The fourth-order valence-electron chi connectivity index (χ4n) is 12.2. The van der Waals surface area contributed by atoms with Gasteiger partial charge >= 0.3 is 39.5 Å². The molecule has 0 aliphatic carbocycles. The number of esters is 4. The van der Waals surface area contributed by atoms with Crippen molar-refractivity contribution >= 4 is 39.5 Å². The third kappa shape index (κ3) is 71.1. The normalized spacial score (nSPS) is 14.2. The summed E-state index contributed by atoms with van der Waals surface area (Å²) in [7, 11) is -9.91. The topological polar surface area (TPSA) is 237 Å². The molecular formula is C79H154O17P2. The van der Waals surface area contributed by atoms with Crippen molar-refractivity contribution in [1.29, 1.82) is 0 Å². The van der Waals surface area contributed by atoms with E-state index in [1.807, 2.05) is 0 Å². The Bertz CT molecular complexity index is 1880. The number of ether oxygens (including phenoxy) is 4. The van der Waals surface area contributed by atoms with Gasteiger partial charge in [0.15, 0.2) is 12.2 Å². The number of aliphatic hydroxyl groups excluding tert-OH is 1. The molecule has 0 saturated heterocycles. The first-order valence-corrected chi connectivity index (χ1v) is 44.2. The Balaban J connectivity index is 5.18. The molecule has 0 saturated carbocycles. The van der Waals surface area contributed by atoms with E-state index in [1.54, 1.807) is 0 Å². The summed E-state index contributed by atoms with van der Waals surface area (Å²) >= 11 is 0. The molecule has 0 spiro atoms. The standard InChI is InChI=1S/C79H154O17P2/c1-6-10-13-16-19-21-23-25-26-27-28-29-30-31-37-41-45-50-55-60-65-79(84)96-75(69-90-77(82)63-58-53-48-43-39-36-33-32-35-38-42-47-51-56-61-72(5)9-4)71-94-98(87,88)92-67-73(80)66-91-97(85,86)93-70-74(68-89-76(81)62-57-52-46-18-15-12-8-3)95-78(83)64-59-54-49-44-40-34-24-22-20-17-14-11-7-2/h72-75,80H,6-71H2,1-5H3,(H,85,86)(H,87,88)/t72?,73-,74+,75+/m0/s1. The Morgan fingerprint density at radius 2 is 0.490 bits per heavy atom. The van der Waals surface area contributed by atoms with Gasteiger partial charge in [0, 0.05) is 25.7 Å². The molecule has 0 aliphatic rings. The highest BCUT2D eigenvalue weighted by molar-refractivity contribution is 7.47. The number of rotatable bonds is 79. The number of hydrogen-bond acceptors (Lipinski definition) is 15. The highest BCUT2D eigenvalue weighted by Crippen LogP contribution is 2.45. The molecule has 3 N–H and O–H groups in total. The predicted octanol–water partition coefficient (Wildman–Crippen LogP) is 23.6. The van der Waals surface area contributed by atoms with E-state index in [-0.39, 0.29) is 25.7 Å². The van der Waals surface area contributed by atoms with Crippen molar-refractivity contribution in [2.75, 3.05) is 39.6 Å². The van der Waals surface area contributed by atoms with Crippen LogP contribution in [0.15, 0.2) is 0 Å². The van der Waals surface area contributed by atoms with Crippen molar-refractivity contribution in [3.63, 3.8) is 0 Å². The fraction of sp³-hybridized carbons (Fsp3) is 0.949. The summed E-state index contributed by atoms with van der Waals surface area (Å²) < 4.78 is 68.5. The van der Waals surface area contributed by atoms with Gasteiger partial charge in [-0.2, -0.15) is 0 Å². The molecule has 0 aromatic carbocycles. The minimum atomic E-state index is -4.96. The van der Waals surface area contributed by atoms with Crippen LogP contribution in [0.4, 0.5) is 0 Å². The lowest BCUT2D eigenvalue weighted by Crippen LogP contribution is -2.30. The average molecular weight is 1440 g/mol. The number of unbranched alkanes of at least 4 members (excludes halogenated alkanes) is 50. The van der Waals surface area contributed by atoms with Gasteiger partial charge < -0.3 is 33.8 Å². The second-order valence-electron chi connectivity index (χ2n) is 28.7. The highest BCUT2D eigenvalue weighted by atomic mass is 31.2. The van der Waals surface area contributed by atoms with Crippen molar-refractivity contribution < 1.29 is 80.2 Å². The second-order valence-corrected chi connectivity index (χ2v) is 31.6. The molecule has 582 valence electrons. The summed E-state index contributed by atoms with van der Waals surface area (Å²) in [5.41, 5.74) is 0. The first-order chi connectivity index (χ1) is 47.6. The summed E-state index contributed by atoms with van der Waals surface area (Å²) in [6, 6.07) is 0. The molecule has 3 unspecified atom stereocenters. The Hall–Kier alpha value is -1.94. The number of carbonyl (C=O) groups is 4. The zero-order valence-electron chi connectivity index (χ0n) is 63.9. The van der Waals surface area contributed by atoms with Crippen LogP contribution >= 0.6 is 15.6 Å². The van der Waals surface area contributed by atoms with Crippen molar-refractivity contribution in [1.82, 2.24) is 0 Å². The minimum absolute atomic E-state index is 0.108. The number of hydrogen-bond donors (Lipinski definition) is 3. The summed E-state index contributed by atoms with van der Waals surface area (Å²) in [6.07, 6.45) is 62.5. The Labute approximate surface area is 600 Å². The lowest BCUT2D eigenvalue weighted by atomic mass is 9.99. The number of phosphoric ester groups is 2. The van der Waals surface area contributed by atoms with Crippen LogP contribution < -0.4 is 0 Å². The van der Waals surface area contributed by atoms with Crippen LogP contribution in [-0.2, 0) is 65.4 Å². The van der Waals surface area contributed by atoms with E-state index in [0.717, 1.165) is 109 Å². The molecule has 98 heavy (non-hydrogen) atoms. The van der Waals surface area contributed by atoms with Crippen molar-refractivity contribution in [2.45, 2.75) is 438 Å². The Morgan fingerprint density at radius 1 is 0.286 bits per heavy atom. The Morgan fingerprint density at radius 3 is 0.724 bits per heavy atom. The lowest BCUT2D eigenvalue weighted by Gasteiger charge is -2.21. The maximum atomic E-state index is 13.1. The first kappa shape index (κ1) is 96.1. The van der Waals surface area contributed by atoms with E-state index in [2.05, 4.69) is 34.6 Å². The number of phosphoric acid groups is 2. The number of aliphatic hydroxyl groups is 1. The predicted molar refractivity (Wildman–Crippen MR) is 400 cm³/mol. The van der Waals surface area contributed by atoms with Crippen LogP contribution in [0.5, 0.6) is 0 Å². The van der Waals surface area contributed by atoms with Gasteiger partial charge in [0.05, 0.1) is 26.4 Å². The van der Waals surface area contributed by atoms with Crippen LogP contribution in [0.2, 0.25) is 0 Å². The summed E-state index contributed by atoms with van der Waals surface area (Å²) in [5, 5.41) is 10.6. The largest absolute Gasteiger partial charge is 0.472 e. The van der Waals surface area contributed by atoms with Crippen LogP contribution in [0.3, 0.4) is 0 Å². The fourth-order valence-corrected chi connectivity index (χ4v) is 13.8. The van der Waals surface area contributed by atoms with Gasteiger partial charge in [-0.25, -0.2) is 9.13 Å². The zero-order valence-corrected chi connectivity index (χ0v) is 65.7. The molecular weight excluding hydrogens is 1280 g/mol. The minimum Gasteiger partial charge on any atom is -0.462 e. The van der Waals surface area contributed by atoms with Crippen LogP contribution in [0, 0.1) is 5.92 Å². The SMILES string of the molecule is CCCCCCCCCCCCCCCCCCCCCCC(=O)O[C@H](COC(=O)CCCCCCCCCCCCCCCCC(C)CC)COP(=O)(O)OC[C@@H](O)COP(=O)(O)OC[C@@H](COC(=O)CCCCCCCCC)OC(=O)CCCCCCCCCCCCCCC. The smallest absolute Gasteiger partial charge is 0.462 e.